The third-order valence-electron chi connectivity index (χ3n) is 4.95. The van der Waals surface area contributed by atoms with Crippen molar-refractivity contribution in [1.82, 2.24) is 19.6 Å². The van der Waals surface area contributed by atoms with E-state index < -0.39 is 11.9 Å². The lowest BCUT2D eigenvalue weighted by Gasteiger charge is -2.01. The maximum atomic E-state index is 12.2. The zero-order chi connectivity index (χ0) is 28.2. The highest BCUT2D eigenvalue weighted by Crippen LogP contribution is 2.20. The molecule has 0 spiro atoms. The van der Waals surface area contributed by atoms with E-state index in [-0.39, 0.29) is 23.2 Å². The molecule has 0 saturated carbocycles. The number of para-hydroxylation sites is 2. The lowest BCUT2D eigenvalue weighted by Crippen LogP contribution is -2.15. The SMILES string of the molecule is CCOC(=O)c1nn(-c2ccccc2)c(=NCCSSCCN=c2sc(C(=O)OCC)nn2-c2ccccc2)s1. The first-order valence-electron chi connectivity index (χ1n) is 12.5. The Morgan fingerprint density at radius 2 is 1.12 bits per heavy atom. The summed E-state index contributed by atoms with van der Waals surface area (Å²) < 4.78 is 13.6. The highest BCUT2D eigenvalue weighted by atomic mass is 33.1. The first kappa shape index (κ1) is 29.8. The third kappa shape index (κ3) is 8.16. The Morgan fingerprint density at radius 3 is 1.50 bits per heavy atom. The highest BCUT2D eigenvalue weighted by Gasteiger charge is 2.16. The third-order valence-corrected chi connectivity index (χ3v) is 9.17. The van der Waals surface area contributed by atoms with E-state index in [1.165, 1.54) is 22.7 Å². The van der Waals surface area contributed by atoms with Crippen molar-refractivity contribution in [2.24, 2.45) is 9.98 Å². The van der Waals surface area contributed by atoms with Crippen molar-refractivity contribution in [2.45, 2.75) is 13.8 Å². The topological polar surface area (TPSA) is 113 Å². The fourth-order valence-electron chi connectivity index (χ4n) is 3.27. The zero-order valence-electron chi connectivity index (χ0n) is 22.0. The molecule has 0 saturated heterocycles. The maximum Gasteiger partial charge on any atom is 0.369 e. The predicted octanol–water partition coefficient (Wildman–Crippen LogP) is 4.42. The van der Waals surface area contributed by atoms with Gasteiger partial charge in [-0.3, -0.25) is 9.98 Å². The number of aromatic nitrogens is 4. The minimum atomic E-state index is -0.448. The van der Waals surface area contributed by atoms with Crippen LogP contribution in [0.15, 0.2) is 70.6 Å². The molecule has 0 N–H and O–H groups in total. The van der Waals surface area contributed by atoms with Crippen molar-refractivity contribution in [2.75, 3.05) is 37.8 Å². The molecular weight excluding hydrogens is 589 g/mol. The summed E-state index contributed by atoms with van der Waals surface area (Å²) in [7, 11) is 3.40. The molecule has 4 rings (SSSR count). The van der Waals surface area contributed by atoms with Gasteiger partial charge in [-0.2, -0.15) is 0 Å². The van der Waals surface area contributed by atoms with Crippen LogP contribution in [-0.2, 0) is 9.47 Å². The van der Waals surface area contributed by atoms with Crippen LogP contribution in [0.4, 0.5) is 0 Å². The molecule has 0 bridgehead atoms. The molecule has 2 aromatic carbocycles. The van der Waals surface area contributed by atoms with Crippen LogP contribution in [0.1, 0.15) is 33.5 Å². The van der Waals surface area contributed by atoms with Crippen LogP contribution in [-0.4, -0.2) is 69.3 Å². The number of carbonyl (C=O) groups is 2. The van der Waals surface area contributed by atoms with E-state index in [1.807, 2.05) is 60.7 Å². The van der Waals surface area contributed by atoms with Gasteiger partial charge in [0.2, 0.25) is 19.6 Å². The van der Waals surface area contributed by atoms with Gasteiger partial charge in [-0.1, -0.05) is 80.7 Å². The predicted molar refractivity (Wildman–Crippen MR) is 161 cm³/mol. The van der Waals surface area contributed by atoms with Gasteiger partial charge in [0.25, 0.3) is 0 Å². The Bertz CT molecular complexity index is 1410. The van der Waals surface area contributed by atoms with Crippen LogP contribution in [0.25, 0.3) is 11.4 Å². The van der Waals surface area contributed by atoms with Gasteiger partial charge in [-0.25, -0.2) is 19.0 Å². The summed E-state index contributed by atoms with van der Waals surface area (Å²) in [6.45, 7) is 5.25. The molecule has 4 aromatic rings. The van der Waals surface area contributed by atoms with Crippen LogP contribution in [0.3, 0.4) is 0 Å². The van der Waals surface area contributed by atoms with E-state index in [9.17, 15) is 9.59 Å². The molecular formula is C26H28N6O4S4. The first-order chi connectivity index (χ1) is 19.6. The Labute approximate surface area is 247 Å². The Morgan fingerprint density at radius 1 is 0.725 bits per heavy atom. The van der Waals surface area contributed by atoms with Gasteiger partial charge in [0.1, 0.15) is 0 Å². The summed E-state index contributed by atoms with van der Waals surface area (Å²) in [6, 6.07) is 19.2. The first-order valence-corrected chi connectivity index (χ1v) is 16.6. The Kier molecular flexibility index (Phi) is 11.6. The van der Waals surface area contributed by atoms with Crippen molar-refractivity contribution >= 4 is 56.2 Å². The summed E-state index contributed by atoms with van der Waals surface area (Å²) in [5.74, 6) is 0.667. The highest BCUT2D eigenvalue weighted by molar-refractivity contribution is 8.76. The van der Waals surface area contributed by atoms with Gasteiger partial charge in [0, 0.05) is 11.5 Å². The van der Waals surface area contributed by atoms with Gasteiger partial charge in [-0.15, -0.1) is 10.2 Å². The standard InChI is InChI=1S/C26H28N6O4S4/c1-3-35-23(33)21-29-31(19-11-7-5-8-12-19)25(39-21)27-15-17-37-38-18-16-28-26-32(20-13-9-6-10-14-20)30-22(40-26)24(34)36-4-2/h5-14H,3-4,15-18H2,1-2H3. The normalized spacial score (nSPS) is 12.1. The molecule has 0 aliphatic heterocycles. The largest absolute Gasteiger partial charge is 0.461 e. The smallest absolute Gasteiger partial charge is 0.369 e. The van der Waals surface area contributed by atoms with E-state index in [0.29, 0.717) is 22.7 Å². The minimum absolute atomic E-state index is 0.273. The van der Waals surface area contributed by atoms with Crippen molar-refractivity contribution in [1.29, 1.82) is 0 Å². The van der Waals surface area contributed by atoms with Crippen LogP contribution in [0.5, 0.6) is 0 Å². The minimum Gasteiger partial charge on any atom is -0.461 e. The maximum absolute atomic E-state index is 12.2. The molecule has 0 amide bonds. The second-order valence-corrected chi connectivity index (χ2v) is 12.3. The van der Waals surface area contributed by atoms with Gasteiger partial charge in [-0.05, 0) is 38.1 Å². The number of carbonyl (C=O) groups excluding carboxylic acids is 2. The molecule has 10 nitrogen and oxygen atoms in total. The van der Waals surface area contributed by atoms with Crippen LogP contribution in [0, 0.1) is 0 Å². The summed E-state index contributed by atoms with van der Waals surface area (Å²) in [4.78, 5) is 35.1. The van der Waals surface area contributed by atoms with Crippen molar-refractivity contribution in [3.63, 3.8) is 0 Å². The van der Waals surface area contributed by atoms with E-state index in [2.05, 4.69) is 10.2 Å². The molecule has 2 aromatic heterocycles. The van der Waals surface area contributed by atoms with E-state index in [0.717, 1.165) is 22.9 Å². The van der Waals surface area contributed by atoms with Gasteiger partial charge in [0.05, 0.1) is 37.7 Å². The summed E-state index contributed by atoms with van der Waals surface area (Å²) in [5, 5.41) is 9.40. The average Bonchev–Trinajstić information content (AvgIpc) is 3.61. The molecule has 210 valence electrons. The second-order valence-electron chi connectivity index (χ2n) is 7.72. The molecule has 0 aliphatic carbocycles. The Hall–Kier alpha value is -3.20. The molecule has 0 fully saturated rings. The number of esters is 2. The number of benzene rings is 2. The van der Waals surface area contributed by atoms with Gasteiger partial charge < -0.3 is 9.47 Å². The fraction of sp³-hybridized carbons (Fsp3) is 0.308. The number of hydrogen-bond donors (Lipinski definition) is 0. The van der Waals surface area contributed by atoms with Crippen molar-refractivity contribution < 1.29 is 19.1 Å². The summed E-state index contributed by atoms with van der Waals surface area (Å²) >= 11 is 2.44. The fourth-order valence-corrected chi connectivity index (χ4v) is 6.64. The molecule has 0 unspecified atom stereocenters. The van der Waals surface area contributed by atoms with Gasteiger partial charge in [0.15, 0.2) is 0 Å². The number of nitrogens with zero attached hydrogens (tertiary/aromatic N) is 6. The second kappa shape index (κ2) is 15.6. The number of hydrogen-bond acceptors (Lipinski definition) is 12. The van der Waals surface area contributed by atoms with Crippen LogP contribution < -0.4 is 9.60 Å². The molecule has 2 heterocycles. The van der Waals surface area contributed by atoms with E-state index in [1.54, 1.807) is 44.8 Å². The average molecular weight is 617 g/mol. The number of ether oxygens (including phenoxy) is 2. The molecule has 14 heteroatoms. The molecule has 0 aliphatic rings. The van der Waals surface area contributed by atoms with E-state index in [4.69, 9.17) is 19.5 Å². The monoisotopic (exact) mass is 616 g/mol. The molecule has 0 radical (unpaired) electrons. The van der Waals surface area contributed by atoms with Crippen LogP contribution >= 0.6 is 44.3 Å². The van der Waals surface area contributed by atoms with Crippen molar-refractivity contribution in [3.8, 4) is 11.4 Å². The lowest BCUT2D eigenvalue weighted by atomic mass is 10.3. The summed E-state index contributed by atoms with van der Waals surface area (Å²) in [6.07, 6.45) is 0. The molecule has 40 heavy (non-hydrogen) atoms. The van der Waals surface area contributed by atoms with Gasteiger partial charge >= 0.3 is 11.9 Å². The molecule has 0 atom stereocenters. The van der Waals surface area contributed by atoms with E-state index >= 15 is 0 Å². The quantitative estimate of drug-likeness (QED) is 0.123. The Balaban J connectivity index is 1.35. The zero-order valence-corrected chi connectivity index (χ0v) is 25.2. The van der Waals surface area contributed by atoms with Crippen molar-refractivity contribution in [3.05, 3.63) is 80.3 Å². The van der Waals surface area contributed by atoms with Crippen LogP contribution in [0.2, 0.25) is 0 Å². The summed E-state index contributed by atoms with van der Waals surface area (Å²) in [5.41, 5.74) is 1.66. The number of rotatable bonds is 13. The lowest BCUT2D eigenvalue weighted by molar-refractivity contribution is 0.0515.